The first-order valence-corrected chi connectivity index (χ1v) is 15.1. The number of amides is 2. The molecule has 2 N–H and O–H groups in total. The molecule has 6 nitrogen and oxygen atoms in total. The largest absolute Gasteiger partial charge is 0.508 e. The van der Waals surface area contributed by atoms with Crippen LogP contribution in [-0.2, 0) is 24.6 Å². The lowest BCUT2D eigenvalue weighted by Gasteiger charge is -2.55. The molecule has 1 heterocycles. The molecule has 0 aromatic heterocycles. The fraction of sp³-hybridized carbons (Fsp3) is 0.211. The second-order valence-corrected chi connectivity index (χ2v) is 12.4. The Kier molecular flexibility index (Phi) is 5.85. The van der Waals surface area contributed by atoms with E-state index in [2.05, 4.69) is 5.32 Å². The summed E-state index contributed by atoms with van der Waals surface area (Å²) >= 11 is 0. The topological polar surface area (TPSA) is 101 Å². The number of imide groups is 1. The summed E-state index contributed by atoms with van der Waals surface area (Å²) in [4.78, 5) is 56.1. The molecule has 0 bridgehead atoms. The van der Waals surface area contributed by atoms with Gasteiger partial charge in [-0.3, -0.25) is 24.5 Å². The minimum Gasteiger partial charge on any atom is -0.508 e. The number of ketones is 2. The van der Waals surface area contributed by atoms with Crippen molar-refractivity contribution < 1.29 is 24.3 Å². The Labute approximate surface area is 254 Å². The molecule has 0 unspecified atom stereocenters. The molecule has 216 valence electrons. The van der Waals surface area contributed by atoms with Gasteiger partial charge in [0.15, 0.2) is 11.6 Å². The number of phenols is 1. The third-order valence-electron chi connectivity index (χ3n) is 10.5. The molecule has 4 aliphatic rings. The quantitative estimate of drug-likeness (QED) is 0.241. The van der Waals surface area contributed by atoms with E-state index in [-0.39, 0.29) is 35.6 Å². The summed E-state index contributed by atoms with van der Waals surface area (Å²) in [6.07, 6.45) is 4.08. The van der Waals surface area contributed by atoms with Crippen LogP contribution in [0.1, 0.15) is 35.4 Å². The van der Waals surface area contributed by atoms with Gasteiger partial charge in [0, 0.05) is 23.0 Å². The Bertz CT molecular complexity index is 1960. The van der Waals surface area contributed by atoms with E-state index in [1.54, 1.807) is 6.07 Å². The number of nitrogens with one attached hydrogen (secondary N) is 1. The van der Waals surface area contributed by atoms with Crippen molar-refractivity contribution in [3.63, 3.8) is 0 Å². The van der Waals surface area contributed by atoms with Crippen molar-refractivity contribution in [1.82, 2.24) is 5.32 Å². The monoisotopic (exact) mass is 579 g/mol. The van der Waals surface area contributed by atoms with E-state index >= 15 is 4.79 Å². The maximum Gasteiger partial charge on any atom is 0.231 e. The maximum absolute atomic E-state index is 15.1. The number of fused-ring (bicyclic) bond motifs is 5. The van der Waals surface area contributed by atoms with E-state index in [0.717, 1.165) is 16.3 Å². The van der Waals surface area contributed by atoms with Gasteiger partial charge in [-0.25, -0.2) is 0 Å². The highest BCUT2D eigenvalue weighted by molar-refractivity contribution is 6.31. The Morgan fingerprint density at radius 1 is 0.750 bits per heavy atom. The molecule has 6 atom stereocenters. The highest BCUT2D eigenvalue weighted by atomic mass is 16.3. The summed E-state index contributed by atoms with van der Waals surface area (Å²) in [5, 5.41) is 15.9. The van der Waals surface area contributed by atoms with Crippen LogP contribution in [0.4, 0.5) is 0 Å². The second kappa shape index (κ2) is 9.71. The van der Waals surface area contributed by atoms with Crippen molar-refractivity contribution in [2.45, 2.75) is 24.2 Å². The van der Waals surface area contributed by atoms with E-state index in [9.17, 15) is 19.5 Å². The lowest BCUT2D eigenvalue weighted by atomic mass is 9.44. The fourth-order valence-corrected chi connectivity index (χ4v) is 8.69. The number of carbonyl (C=O) groups is 4. The number of allylic oxidation sites excluding steroid dienone is 4. The number of hydrogen-bond acceptors (Lipinski definition) is 5. The van der Waals surface area contributed by atoms with Crippen molar-refractivity contribution >= 4 is 39.7 Å². The summed E-state index contributed by atoms with van der Waals surface area (Å²) in [5.41, 5.74) is 1.72. The predicted octanol–water partition coefficient (Wildman–Crippen LogP) is 5.66. The van der Waals surface area contributed by atoms with Crippen molar-refractivity contribution in [1.29, 1.82) is 0 Å². The van der Waals surface area contributed by atoms with Gasteiger partial charge < -0.3 is 5.11 Å². The van der Waals surface area contributed by atoms with E-state index < -0.39 is 35.0 Å². The molecule has 0 spiro atoms. The van der Waals surface area contributed by atoms with E-state index in [0.29, 0.717) is 28.7 Å². The van der Waals surface area contributed by atoms with E-state index in [1.807, 2.05) is 97.1 Å². The standard InChI is InChI=1S/C38H29NO5/c40-30-18-15-22-11-7-8-14-24(22)33(30)34-25-16-17-26-32(37(44)39-36(26)43)28(25)19-29-35(42)27(21-9-3-1-4-10-21)20-31(41)38(29,34)23-12-5-2-6-13-23/h1-16,18,20,26,28-29,32,34,40H,17,19H2,(H,39,43,44)/t26-,28+,29-,32-,34+,38-/m0/s1. The molecule has 4 aromatic carbocycles. The molecule has 2 fully saturated rings. The van der Waals surface area contributed by atoms with Crippen LogP contribution in [0.5, 0.6) is 5.75 Å². The van der Waals surface area contributed by atoms with Gasteiger partial charge >= 0.3 is 0 Å². The van der Waals surface area contributed by atoms with Gasteiger partial charge in [-0.2, -0.15) is 0 Å². The van der Waals surface area contributed by atoms with Gasteiger partial charge in [0.1, 0.15) is 5.75 Å². The highest BCUT2D eigenvalue weighted by Crippen LogP contribution is 2.64. The molecule has 2 amide bonds. The van der Waals surface area contributed by atoms with Crippen molar-refractivity contribution in [3.8, 4) is 5.75 Å². The average Bonchev–Trinajstić information content (AvgIpc) is 3.35. The van der Waals surface area contributed by atoms with Gasteiger partial charge in [-0.15, -0.1) is 0 Å². The minimum atomic E-state index is -1.38. The van der Waals surface area contributed by atoms with Gasteiger partial charge in [0.05, 0.1) is 17.3 Å². The molecular weight excluding hydrogens is 550 g/mol. The molecule has 3 aliphatic carbocycles. The molecular formula is C38H29NO5. The van der Waals surface area contributed by atoms with Crippen molar-refractivity contribution in [3.05, 3.63) is 131 Å². The van der Waals surface area contributed by atoms with Gasteiger partial charge in [-0.1, -0.05) is 103 Å². The van der Waals surface area contributed by atoms with Crippen LogP contribution in [0.25, 0.3) is 16.3 Å². The summed E-state index contributed by atoms with van der Waals surface area (Å²) in [6, 6.07) is 29.8. The van der Waals surface area contributed by atoms with Crippen LogP contribution in [0, 0.1) is 23.7 Å². The first-order chi connectivity index (χ1) is 21.4. The maximum atomic E-state index is 15.1. The van der Waals surface area contributed by atoms with E-state index in [4.69, 9.17) is 0 Å². The molecule has 0 radical (unpaired) electrons. The molecule has 4 aromatic rings. The van der Waals surface area contributed by atoms with Crippen LogP contribution in [0.2, 0.25) is 0 Å². The number of rotatable bonds is 3. The SMILES string of the molecule is O=C1NC(=O)[C@H]2CC=C3[C@@H](C[C@H]4C(=O)C(c5ccccc5)=CC(=O)[C@@]4(c4ccccc4)[C@H]3c3c(O)ccc4ccccc34)[C@@H]12. The molecule has 6 heteroatoms. The number of benzene rings is 4. The Morgan fingerprint density at radius 2 is 1.45 bits per heavy atom. The van der Waals surface area contributed by atoms with Crippen molar-refractivity contribution in [2.24, 2.45) is 23.7 Å². The smallest absolute Gasteiger partial charge is 0.231 e. The molecule has 8 rings (SSSR count). The number of aromatic hydroxyl groups is 1. The number of phenolic OH excluding ortho intramolecular Hbond substituents is 1. The van der Waals surface area contributed by atoms with Crippen LogP contribution in [0.3, 0.4) is 0 Å². The minimum absolute atomic E-state index is 0.0245. The first-order valence-electron chi connectivity index (χ1n) is 15.1. The highest BCUT2D eigenvalue weighted by Gasteiger charge is 2.65. The summed E-state index contributed by atoms with van der Waals surface area (Å²) in [5.74, 6) is -4.22. The zero-order valence-electron chi connectivity index (χ0n) is 23.8. The predicted molar refractivity (Wildman–Crippen MR) is 165 cm³/mol. The van der Waals surface area contributed by atoms with E-state index in [1.165, 1.54) is 6.08 Å². The van der Waals surface area contributed by atoms with Gasteiger partial charge in [0.25, 0.3) is 0 Å². The number of hydrogen-bond donors (Lipinski definition) is 2. The zero-order valence-corrected chi connectivity index (χ0v) is 23.8. The molecule has 1 aliphatic heterocycles. The number of carbonyl (C=O) groups excluding carboxylic acids is 4. The van der Waals surface area contributed by atoms with Crippen LogP contribution in [0.15, 0.2) is 115 Å². The summed E-state index contributed by atoms with van der Waals surface area (Å²) < 4.78 is 0. The lowest BCUT2D eigenvalue weighted by Crippen LogP contribution is -2.58. The molecule has 1 saturated heterocycles. The Morgan fingerprint density at radius 3 is 2.23 bits per heavy atom. The lowest BCUT2D eigenvalue weighted by molar-refractivity contribution is -0.135. The normalized spacial score (nSPS) is 29.3. The molecule has 44 heavy (non-hydrogen) atoms. The van der Waals surface area contributed by atoms with Crippen LogP contribution < -0.4 is 5.32 Å². The van der Waals surface area contributed by atoms with Gasteiger partial charge in [0.2, 0.25) is 11.8 Å². The van der Waals surface area contributed by atoms with Gasteiger partial charge in [-0.05, 0) is 52.8 Å². The third kappa shape index (κ3) is 3.54. The zero-order chi connectivity index (χ0) is 30.2. The second-order valence-electron chi connectivity index (χ2n) is 12.4. The van der Waals surface area contributed by atoms with Crippen LogP contribution in [-0.4, -0.2) is 28.5 Å². The van der Waals surface area contributed by atoms with Crippen LogP contribution >= 0.6 is 0 Å². The first kappa shape index (κ1) is 26.5. The molecule has 1 saturated carbocycles. The average molecular weight is 580 g/mol. The number of Topliss-reactive ketones (excluding diaryl/α,β-unsaturated/α-hetero) is 1. The Balaban J connectivity index is 1.48. The Hall–Kier alpha value is -5.10. The van der Waals surface area contributed by atoms with Crippen molar-refractivity contribution in [2.75, 3.05) is 0 Å². The fourth-order valence-electron chi connectivity index (χ4n) is 8.69. The third-order valence-corrected chi connectivity index (χ3v) is 10.5. The summed E-state index contributed by atoms with van der Waals surface area (Å²) in [6.45, 7) is 0. The summed E-state index contributed by atoms with van der Waals surface area (Å²) in [7, 11) is 0.